The molecule has 104 valence electrons. The average Bonchev–Trinajstić information content (AvgIpc) is 2.73. The SMILES string of the molecule is CCCCC(C)n1c(CCCl)nc2cc(Cl)ccc21. The molecule has 1 unspecified atom stereocenters. The Morgan fingerprint density at radius 1 is 1.37 bits per heavy atom. The van der Waals surface area contributed by atoms with Gasteiger partial charge in [0.2, 0.25) is 0 Å². The van der Waals surface area contributed by atoms with Crippen molar-refractivity contribution in [2.75, 3.05) is 5.88 Å². The molecule has 0 spiro atoms. The number of hydrogen-bond acceptors (Lipinski definition) is 1. The van der Waals surface area contributed by atoms with E-state index in [-0.39, 0.29) is 0 Å². The van der Waals surface area contributed by atoms with Gasteiger partial charge in [0.25, 0.3) is 0 Å². The fraction of sp³-hybridized carbons (Fsp3) is 0.533. The van der Waals surface area contributed by atoms with Crippen LogP contribution in [0, 0.1) is 0 Å². The van der Waals surface area contributed by atoms with Crippen LogP contribution < -0.4 is 0 Å². The molecule has 1 aromatic carbocycles. The number of fused-ring (bicyclic) bond motifs is 1. The number of imidazole rings is 1. The number of aromatic nitrogens is 2. The highest BCUT2D eigenvalue weighted by atomic mass is 35.5. The molecule has 0 aliphatic carbocycles. The van der Waals surface area contributed by atoms with Crippen LogP contribution in [0.1, 0.15) is 45.0 Å². The van der Waals surface area contributed by atoms with Crippen molar-refractivity contribution in [3.8, 4) is 0 Å². The molecule has 1 atom stereocenters. The third-order valence-electron chi connectivity index (χ3n) is 3.46. The Balaban J connectivity index is 2.45. The normalized spacial score (nSPS) is 13.1. The lowest BCUT2D eigenvalue weighted by atomic mass is 10.1. The van der Waals surface area contributed by atoms with Gasteiger partial charge in [0.1, 0.15) is 5.82 Å². The maximum atomic E-state index is 6.05. The molecular weight excluding hydrogens is 279 g/mol. The molecule has 2 nitrogen and oxygen atoms in total. The smallest absolute Gasteiger partial charge is 0.111 e. The Morgan fingerprint density at radius 2 is 2.16 bits per heavy atom. The van der Waals surface area contributed by atoms with E-state index in [2.05, 4.69) is 29.5 Å². The predicted molar refractivity (Wildman–Crippen MR) is 83.4 cm³/mol. The highest BCUT2D eigenvalue weighted by Gasteiger charge is 2.15. The molecule has 0 bridgehead atoms. The summed E-state index contributed by atoms with van der Waals surface area (Å²) < 4.78 is 2.32. The summed E-state index contributed by atoms with van der Waals surface area (Å²) in [5, 5.41) is 0.732. The molecule has 2 aromatic rings. The van der Waals surface area contributed by atoms with Crippen LogP contribution in [-0.4, -0.2) is 15.4 Å². The summed E-state index contributed by atoms with van der Waals surface area (Å²) in [6.45, 7) is 4.47. The minimum absolute atomic E-state index is 0.448. The van der Waals surface area contributed by atoms with E-state index in [1.165, 1.54) is 19.3 Å². The second-order valence-corrected chi connectivity index (χ2v) is 5.78. The van der Waals surface area contributed by atoms with Crippen molar-refractivity contribution < 1.29 is 0 Å². The van der Waals surface area contributed by atoms with Gasteiger partial charge in [0, 0.05) is 23.4 Å². The molecule has 1 heterocycles. The third kappa shape index (κ3) is 3.24. The maximum Gasteiger partial charge on any atom is 0.111 e. The summed E-state index contributed by atoms with van der Waals surface area (Å²) in [5.41, 5.74) is 2.13. The first kappa shape index (κ1) is 14.7. The van der Waals surface area contributed by atoms with Crippen molar-refractivity contribution >= 4 is 34.2 Å². The minimum atomic E-state index is 0.448. The van der Waals surface area contributed by atoms with Crippen LogP contribution in [0.4, 0.5) is 0 Å². The fourth-order valence-electron chi connectivity index (χ4n) is 2.50. The van der Waals surface area contributed by atoms with Crippen molar-refractivity contribution in [3.05, 3.63) is 29.0 Å². The molecule has 0 aliphatic heterocycles. The second-order valence-electron chi connectivity index (χ2n) is 4.96. The van der Waals surface area contributed by atoms with E-state index in [0.29, 0.717) is 11.9 Å². The first-order valence-corrected chi connectivity index (χ1v) is 7.81. The van der Waals surface area contributed by atoms with Gasteiger partial charge in [-0.25, -0.2) is 4.98 Å². The lowest BCUT2D eigenvalue weighted by Crippen LogP contribution is -2.10. The van der Waals surface area contributed by atoms with E-state index in [1.807, 2.05) is 12.1 Å². The number of rotatable bonds is 6. The van der Waals surface area contributed by atoms with E-state index in [4.69, 9.17) is 23.2 Å². The van der Waals surface area contributed by atoms with Crippen LogP contribution >= 0.6 is 23.2 Å². The quantitative estimate of drug-likeness (QED) is 0.668. The Bertz CT molecular complexity index is 548. The summed E-state index contributed by atoms with van der Waals surface area (Å²) in [4.78, 5) is 4.69. The maximum absolute atomic E-state index is 6.05. The molecule has 1 aromatic heterocycles. The van der Waals surface area contributed by atoms with Gasteiger partial charge in [0.05, 0.1) is 11.0 Å². The lowest BCUT2D eigenvalue weighted by Gasteiger charge is -2.17. The molecule has 0 fully saturated rings. The monoisotopic (exact) mass is 298 g/mol. The third-order valence-corrected chi connectivity index (χ3v) is 3.88. The Hall–Kier alpha value is -0.730. The van der Waals surface area contributed by atoms with Gasteiger partial charge in [-0.1, -0.05) is 31.4 Å². The zero-order valence-corrected chi connectivity index (χ0v) is 13.0. The molecule has 19 heavy (non-hydrogen) atoms. The Kier molecular flexibility index (Phi) is 5.12. The van der Waals surface area contributed by atoms with Crippen molar-refractivity contribution in [2.45, 2.75) is 45.6 Å². The van der Waals surface area contributed by atoms with Crippen LogP contribution in [0.3, 0.4) is 0 Å². The first-order chi connectivity index (χ1) is 9.17. The fourth-order valence-corrected chi connectivity index (χ4v) is 2.84. The summed E-state index contributed by atoms with van der Waals surface area (Å²) in [6.07, 6.45) is 4.41. The average molecular weight is 299 g/mol. The van der Waals surface area contributed by atoms with E-state index in [0.717, 1.165) is 28.3 Å². The Labute approximate surface area is 124 Å². The molecule has 2 rings (SSSR count). The topological polar surface area (TPSA) is 17.8 Å². The van der Waals surface area contributed by atoms with Crippen LogP contribution in [0.15, 0.2) is 18.2 Å². The van der Waals surface area contributed by atoms with Crippen molar-refractivity contribution in [2.24, 2.45) is 0 Å². The molecule has 0 amide bonds. The standard InChI is InChI=1S/C15H20Cl2N2/c1-3-4-5-11(2)19-14-7-6-12(17)10-13(14)18-15(19)8-9-16/h6-7,10-11H,3-5,8-9H2,1-2H3. The van der Waals surface area contributed by atoms with E-state index in [9.17, 15) is 0 Å². The Morgan fingerprint density at radius 3 is 2.84 bits per heavy atom. The first-order valence-electron chi connectivity index (χ1n) is 6.89. The number of alkyl halides is 1. The predicted octanol–water partition coefficient (Wildman–Crippen LogP) is 5.22. The summed E-state index contributed by atoms with van der Waals surface area (Å²) in [6, 6.07) is 6.37. The van der Waals surface area contributed by atoms with Gasteiger partial charge in [-0.15, -0.1) is 11.6 Å². The van der Waals surface area contributed by atoms with Crippen molar-refractivity contribution in [1.82, 2.24) is 9.55 Å². The number of halogens is 2. The van der Waals surface area contributed by atoms with Crippen molar-refractivity contribution in [3.63, 3.8) is 0 Å². The number of nitrogens with zero attached hydrogens (tertiary/aromatic N) is 2. The molecular formula is C15H20Cl2N2. The molecule has 0 saturated heterocycles. The number of unbranched alkanes of at least 4 members (excludes halogenated alkanes) is 1. The number of aryl methyl sites for hydroxylation is 1. The molecule has 0 saturated carbocycles. The zero-order chi connectivity index (χ0) is 13.8. The number of hydrogen-bond donors (Lipinski definition) is 0. The van der Waals surface area contributed by atoms with Gasteiger partial charge >= 0.3 is 0 Å². The summed E-state index contributed by atoms with van der Waals surface area (Å²) in [7, 11) is 0. The van der Waals surface area contributed by atoms with Crippen LogP contribution in [0.5, 0.6) is 0 Å². The highest BCUT2D eigenvalue weighted by molar-refractivity contribution is 6.31. The van der Waals surface area contributed by atoms with Gasteiger partial charge in [0.15, 0.2) is 0 Å². The molecule has 0 radical (unpaired) electrons. The minimum Gasteiger partial charge on any atom is -0.325 e. The second kappa shape index (κ2) is 6.62. The summed E-state index contributed by atoms with van der Waals surface area (Å²) >= 11 is 11.9. The van der Waals surface area contributed by atoms with Gasteiger partial charge in [-0.05, 0) is 31.5 Å². The van der Waals surface area contributed by atoms with Gasteiger partial charge in [-0.2, -0.15) is 0 Å². The van der Waals surface area contributed by atoms with Crippen molar-refractivity contribution in [1.29, 1.82) is 0 Å². The van der Waals surface area contributed by atoms with Crippen LogP contribution in [0.2, 0.25) is 5.02 Å². The van der Waals surface area contributed by atoms with E-state index in [1.54, 1.807) is 0 Å². The molecule has 4 heteroatoms. The van der Waals surface area contributed by atoms with Gasteiger partial charge < -0.3 is 4.57 Å². The van der Waals surface area contributed by atoms with Crippen LogP contribution in [0.25, 0.3) is 11.0 Å². The summed E-state index contributed by atoms with van der Waals surface area (Å²) in [5.74, 6) is 1.66. The highest BCUT2D eigenvalue weighted by Crippen LogP contribution is 2.26. The van der Waals surface area contributed by atoms with E-state index >= 15 is 0 Å². The molecule has 0 N–H and O–H groups in total. The lowest BCUT2D eigenvalue weighted by molar-refractivity contribution is 0.482. The van der Waals surface area contributed by atoms with E-state index < -0.39 is 0 Å². The largest absolute Gasteiger partial charge is 0.325 e. The number of benzene rings is 1. The molecule has 0 aliphatic rings. The van der Waals surface area contributed by atoms with Gasteiger partial charge in [-0.3, -0.25) is 0 Å². The van der Waals surface area contributed by atoms with Crippen LogP contribution in [-0.2, 0) is 6.42 Å². The zero-order valence-electron chi connectivity index (χ0n) is 11.5.